The summed E-state index contributed by atoms with van der Waals surface area (Å²) in [6.45, 7) is 0.708. The Balaban J connectivity index is 2.42. The van der Waals surface area contributed by atoms with Gasteiger partial charge in [0, 0.05) is 13.5 Å². The highest BCUT2D eigenvalue weighted by Gasteiger charge is 1.95. The Morgan fingerprint density at radius 1 is 1.80 bits per heavy atom. The third-order valence-corrected chi connectivity index (χ3v) is 1.54. The molecule has 0 saturated heterocycles. The number of halogens is 1. The van der Waals surface area contributed by atoms with E-state index in [2.05, 4.69) is 25.9 Å². The second-order valence-corrected chi connectivity index (χ2v) is 2.77. The van der Waals surface area contributed by atoms with E-state index in [-0.39, 0.29) is 0 Å². The van der Waals surface area contributed by atoms with Gasteiger partial charge in [-0.05, 0) is 15.9 Å². The van der Waals surface area contributed by atoms with Crippen LogP contribution in [0.1, 0.15) is 5.82 Å². The number of aromatic amines is 1. The number of hydrogen-bond donors (Lipinski definition) is 1. The number of aromatic nitrogens is 2. The van der Waals surface area contributed by atoms with E-state index in [9.17, 15) is 0 Å². The Morgan fingerprint density at radius 3 is 3.10 bits per heavy atom. The number of rotatable bonds is 3. The molecular weight excluding hydrogens is 196 g/mol. The van der Waals surface area contributed by atoms with E-state index < -0.39 is 0 Å². The van der Waals surface area contributed by atoms with Crippen LogP contribution in [0, 0.1) is 0 Å². The lowest BCUT2D eigenvalue weighted by Gasteiger charge is -1.92. The maximum Gasteiger partial charge on any atom is 0.109 e. The molecule has 1 rings (SSSR count). The highest BCUT2D eigenvalue weighted by molar-refractivity contribution is 9.10. The van der Waals surface area contributed by atoms with Crippen LogP contribution in [0.15, 0.2) is 10.8 Å². The second-order valence-electron chi connectivity index (χ2n) is 1.92. The first-order valence-electron chi connectivity index (χ1n) is 3.01. The molecule has 0 spiro atoms. The van der Waals surface area contributed by atoms with E-state index in [4.69, 9.17) is 4.74 Å². The quantitative estimate of drug-likeness (QED) is 0.808. The van der Waals surface area contributed by atoms with Gasteiger partial charge in [0.25, 0.3) is 0 Å². The van der Waals surface area contributed by atoms with Crippen LogP contribution < -0.4 is 0 Å². The van der Waals surface area contributed by atoms with Crippen LogP contribution >= 0.6 is 15.9 Å². The fraction of sp³-hybridized carbons (Fsp3) is 0.500. The molecule has 4 heteroatoms. The van der Waals surface area contributed by atoms with Gasteiger partial charge >= 0.3 is 0 Å². The van der Waals surface area contributed by atoms with Crippen molar-refractivity contribution in [2.45, 2.75) is 6.42 Å². The van der Waals surface area contributed by atoms with Crippen LogP contribution in [-0.2, 0) is 11.2 Å². The van der Waals surface area contributed by atoms with Crippen molar-refractivity contribution in [2.24, 2.45) is 0 Å². The van der Waals surface area contributed by atoms with E-state index >= 15 is 0 Å². The minimum absolute atomic E-state index is 0.708. The highest BCUT2D eigenvalue weighted by atomic mass is 79.9. The van der Waals surface area contributed by atoms with Crippen molar-refractivity contribution in [1.82, 2.24) is 9.97 Å². The molecule has 0 aliphatic heterocycles. The fourth-order valence-corrected chi connectivity index (χ4v) is 0.994. The highest BCUT2D eigenvalue weighted by Crippen LogP contribution is 2.04. The Bertz CT molecular complexity index is 199. The molecule has 0 bridgehead atoms. The van der Waals surface area contributed by atoms with Crippen LogP contribution in [0.5, 0.6) is 0 Å². The number of imidazole rings is 1. The Morgan fingerprint density at radius 2 is 2.60 bits per heavy atom. The summed E-state index contributed by atoms with van der Waals surface area (Å²) in [5.41, 5.74) is 0. The van der Waals surface area contributed by atoms with Crippen LogP contribution in [0.3, 0.4) is 0 Å². The first-order valence-corrected chi connectivity index (χ1v) is 3.80. The summed E-state index contributed by atoms with van der Waals surface area (Å²) in [7, 11) is 1.68. The molecule has 3 nitrogen and oxygen atoms in total. The number of nitrogens with one attached hydrogen (secondary N) is 1. The number of nitrogens with zero attached hydrogens (tertiary/aromatic N) is 1. The van der Waals surface area contributed by atoms with E-state index in [1.807, 2.05) is 0 Å². The minimum Gasteiger partial charge on any atom is -0.384 e. The molecule has 10 heavy (non-hydrogen) atoms. The van der Waals surface area contributed by atoms with Crippen molar-refractivity contribution in [3.63, 3.8) is 0 Å². The summed E-state index contributed by atoms with van der Waals surface area (Å²) in [6.07, 6.45) is 2.58. The summed E-state index contributed by atoms with van der Waals surface area (Å²) in [6, 6.07) is 0. The third-order valence-electron chi connectivity index (χ3n) is 1.14. The van der Waals surface area contributed by atoms with Crippen LogP contribution in [0.2, 0.25) is 0 Å². The topological polar surface area (TPSA) is 37.9 Å². The van der Waals surface area contributed by atoms with Crippen molar-refractivity contribution >= 4 is 15.9 Å². The van der Waals surface area contributed by atoms with Gasteiger partial charge in [-0.25, -0.2) is 4.98 Å². The molecule has 1 heterocycles. The lowest BCUT2D eigenvalue weighted by atomic mass is 10.4. The van der Waals surface area contributed by atoms with E-state index in [1.165, 1.54) is 0 Å². The maximum atomic E-state index is 4.88. The average molecular weight is 205 g/mol. The van der Waals surface area contributed by atoms with Crippen molar-refractivity contribution in [1.29, 1.82) is 0 Å². The molecule has 0 aliphatic carbocycles. The SMILES string of the molecule is COCCc1ncc(Br)[nH]1. The Kier molecular flexibility index (Phi) is 2.89. The standard InChI is InChI=1S/C6H9BrN2O/c1-10-3-2-6-8-4-5(7)9-6/h4H,2-3H2,1H3,(H,8,9). The molecule has 1 N–H and O–H groups in total. The summed E-state index contributed by atoms with van der Waals surface area (Å²) < 4.78 is 5.80. The molecule has 0 unspecified atom stereocenters. The van der Waals surface area contributed by atoms with Gasteiger partial charge in [-0.2, -0.15) is 0 Å². The van der Waals surface area contributed by atoms with E-state index in [0.29, 0.717) is 6.61 Å². The summed E-state index contributed by atoms with van der Waals surface area (Å²) in [4.78, 5) is 7.11. The van der Waals surface area contributed by atoms with Gasteiger partial charge < -0.3 is 9.72 Å². The van der Waals surface area contributed by atoms with Crippen LogP contribution in [0.25, 0.3) is 0 Å². The number of ether oxygens (including phenoxy) is 1. The predicted octanol–water partition coefficient (Wildman–Crippen LogP) is 1.36. The average Bonchev–Trinajstić information content (AvgIpc) is 2.31. The molecule has 1 aromatic rings. The zero-order chi connectivity index (χ0) is 7.40. The lowest BCUT2D eigenvalue weighted by molar-refractivity contribution is 0.200. The van der Waals surface area contributed by atoms with Gasteiger partial charge in [0.1, 0.15) is 10.4 Å². The third kappa shape index (κ3) is 2.11. The zero-order valence-corrected chi connectivity index (χ0v) is 7.31. The largest absolute Gasteiger partial charge is 0.384 e. The van der Waals surface area contributed by atoms with Crippen molar-refractivity contribution in [3.8, 4) is 0 Å². The Hall–Kier alpha value is -0.350. The molecule has 0 saturated carbocycles. The molecule has 0 fully saturated rings. The van der Waals surface area contributed by atoms with Gasteiger partial charge in [-0.3, -0.25) is 0 Å². The zero-order valence-electron chi connectivity index (χ0n) is 5.72. The molecule has 1 aromatic heterocycles. The monoisotopic (exact) mass is 204 g/mol. The van der Waals surface area contributed by atoms with Crippen LogP contribution in [-0.4, -0.2) is 23.7 Å². The second kappa shape index (κ2) is 3.73. The maximum absolute atomic E-state index is 4.88. The van der Waals surface area contributed by atoms with Gasteiger partial charge in [0.05, 0.1) is 12.8 Å². The predicted molar refractivity (Wildman–Crippen MR) is 41.9 cm³/mol. The van der Waals surface area contributed by atoms with Gasteiger partial charge in [-0.15, -0.1) is 0 Å². The summed E-state index contributed by atoms with van der Waals surface area (Å²) >= 11 is 3.27. The molecular formula is C6H9BrN2O. The van der Waals surface area contributed by atoms with E-state index in [0.717, 1.165) is 16.8 Å². The van der Waals surface area contributed by atoms with Crippen molar-refractivity contribution < 1.29 is 4.74 Å². The smallest absolute Gasteiger partial charge is 0.109 e. The van der Waals surface area contributed by atoms with Gasteiger partial charge in [-0.1, -0.05) is 0 Å². The number of H-pyrrole nitrogens is 1. The molecule has 0 atom stereocenters. The van der Waals surface area contributed by atoms with Crippen molar-refractivity contribution in [2.75, 3.05) is 13.7 Å². The minimum atomic E-state index is 0.708. The first kappa shape index (κ1) is 7.75. The fourth-order valence-electron chi connectivity index (χ4n) is 0.663. The number of hydrogen-bond acceptors (Lipinski definition) is 2. The lowest BCUT2D eigenvalue weighted by Crippen LogP contribution is -1.95. The molecule has 0 aliphatic rings. The number of methoxy groups -OCH3 is 1. The van der Waals surface area contributed by atoms with Crippen molar-refractivity contribution in [3.05, 3.63) is 16.6 Å². The normalized spacial score (nSPS) is 10.2. The van der Waals surface area contributed by atoms with Gasteiger partial charge in [0.15, 0.2) is 0 Å². The molecule has 0 amide bonds. The van der Waals surface area contributed by atoms with E-state index in [1.54, 1.807) is 13.3 Å². The van der Waals surface area contributed by atoms with Gasteiger partial charge in [0.2, 0.25) is 0 Å². The molecule has 0 aromatic carbocycles. The first-order chi connectivity index (χ1) is 4.83. The molecule has 0 radical (unpaired) electrons. The Labute approximate surface area is 67.9 Å². The van der Waals surface area contributed by atoms with Crippen LogP contribution in [0.4, 0.5) is 0 Å². The molecule has 56 valence electrons. The summed E-state index contributed by atoms with van der Waals surface area (Å²) in [5, 5.41) is 0. The summed E-state index contributed by atoms with van der Waals surface area (Å²) in [5.74, 6) is 0.953.